The minimum Gasteiger partial charge on any atom is -0.310 e. The Morgan fingerprint density at radius 2 is 2.26 bits per heavy atom. The lowest BCUT2D eigenvalue weighted by atomic mass is 9.94. The molecule has 0 bridgehead atoms. The topological polar surface area (TPSA) is 35.8 Å². The minimum absolute atomic E-state index is 0.332. The lowest BCUT2D eigenvalue weighted by Crippen LogP contribution is -2.34. The van der Waals surface area contributed by atoms with E-state index in [0.717, 1.165) is 10.8 Å². The Hall–Kier alpha value is -1.05. The van der Waals surface area contributed by atoms with E-state index in [1.165, 1.54) is 37.8 Å². The van der Waals surface area contributed by atoms with Gasteiger partial charge < -0.3 is 5.32 Å². The van der Waals surface area contributed by atoms with Crippen LogP contribution >= 0.6 is 11.8 Å². The van der Waals surface area contributed by atoms with Crippen LogP contribution in [0.3, 0.4) is 0 Å². The molecule has 0 amide bonds. The molecule has 0 spiro atoms. The number of rotatable bonds is 4. The Morgan fingerprint density at radius 1 is 1.42 bits per heavy atom. The number of halogens is 1. The summed E-state index contributed by atoms with van der Waals surface area (Å²) in [5.74, 6) is -0.332. The average molecular weight is 278 g/mol. The zero-order valence-corrected chi connectivity index (χ0v) is 12.0. The summed E-state index contributed by atoms with van der Waals surface area (Å²) >= 11 is 1.94. The predicted molar refractivity (Wildman–Crippen MR) is 77.5 cm³/mol. The summed E-state index contributed by atoms with van der Waals surface area (Å²) in [6, 6.07) is 7.03. The van der Waals surface area contributed by atoms with Gasteiger partial charge in [0, 0.05) is 17.8 Å². The van der Waals surface area contributed by atoms with Gasteiger partial charge in [0.05, 0.1) is 11.6 Å². The van der Waals surface area contributed by atoms with Gasteiger partial charge in [-0.25, -0.2) is 4.39 Å². The molecule has 2 rings (SSSR count). The second-order valence-electron chi connectivity index (χ2n) is 5.06. The summed E-state index contributed by atoms with van der Waals surface area (Å²) in [5.41, 5.74) is 1.24. The first-order valence-corrected chi connectivity index (χ1v) is 7.96. The maximum absolute atomic E-state index is 13.3. The third kappa shape index (κ3) is 4.22. The quantitative estimate of drug-likeness (QED) is 0.916. The fourth-order valence-corrected chi connectivity index (χ4v) is 3.45. The predicted octanol–water partition coefficient (Wildman–Crippen LogP) is 3.46. The van der Waals surface area contributed by atoms with E-state index in [2.05, 4.69) is 11.6 Å². The summed E-state index contributed by atoms with van der Waals surface area (Å²) in [6.07, 6.45) is 7.10. The minimum atomic E-state index is -0.332. The summed E-state index contributed by atoms with van der Waals surface area (Å²) in [4.78, 5) is 0. The fourth-order valence-electron chi connectivity index (χ4n) is 2.62. The van der Waals surface area contributed by atoms with E-state index < -0.39 is 0 Å². The molecule has 0 saturated heterocycles. The maximum Gasteiger partial charge on any atom is 0.124 e. The normalized spacial score (nSPS) is 23.0. The molecule has 1 aromatic carbocycles. The highest BCUT2D eigenvalue weighted by atomic mass is 32.2. The van der Waals surface area contributed by atoms with E-state index in [4.69, 9.17) is 5.26 Å². The average Bonchev–Trinajstić information content (AvgIpc) is 2.44. The van der Waals surface area contributed by atoms with Crippen molar-refractivity contribution in [2.45, 2.75) is 43.5 Å². The number of nitrogens with one attached hydrogen (secondary N) is 1. The van der Waals surface area contributed by atoms with Crippen LogP contribution in [-0.4, -0.2) is 17.5 Å². The molecule has 0 radical (unpaired) electrons. The van der Waals surface area contributed by atoms with Crippen molar-refractivity contribution in [2.24, 2.45) is 0 Å². The highest BCUT2D eigenvalue weighted by Gasteiger charge is 2.20. The van der Waals surface area contributed by atoms with Gasteiger partial charge >= 0.3 is 0 Å². The van der Waals surface area contributed by atoms with Crippen molar-refractivity contribution in [3.05, 3.63) is 35.1 Å². The first kappa shape index (κ1) is 14.4. The number of hydrogen-bond donors (Lipinski definition) is 1. The number of nitrogens with zero attached hydrogens (tertiary/aromatic N) is 1. The molecule has 1 aliphatic rings. The van der Waals surface area contributed by atoms with Crippen molar-refractivity contribution in [1.82, 2.24) is 5.32 Å². The molecule has 1 saturated carbocycles. The molecule has 1 N–H and O–H groups in total. The molecule has 4 heteroatoms. The van der Waals surface area contributed by atoms with Gasteiger partial charge in [-0.05, 0) is 49.3 Å². The molecule has 1 aliphatic carbocycles. The monoisotopic (exact) mass is 278 g/mol. The van der Waals surface area contributed by atoms with Crippen LogP contribution < -0.4 is 5.32 Å². The third-order valence-corrected chi connectivity index (χ3v) is 4.74. The van der Waals surface area contributed by atoms with E-state index in [-0.39, 0.29) is 5.82 Å². The van der Waals surface area contributed by atoms with Crippen molar-refractivity contribution in [1.29, 1.82) is 5.26 Å². The Labute approximate surface area is 118 Å². The molecule has 0 aliphatic heterocycles. The Morgan fingerprint density at radius 3 is 3.00 bits per heavy atom. The molecule has 0 aromatic heterocycles. The van der Waals surface area contributed by atoms with Gasteiger partial charge in [0.2, 0.25) is 0 Å². The van der Waals surface area contributed by atoms with Gasteiger partial charge in [0.25, 0.3) is 0 Å². The second kappa shape index (κ2) is 6.93. The largest absolute Gasteiger partial charge is 0.310 e. The molecule has 1 aromatic rings. The lowest BCUT2D eigenvalue weighted by Gasteiger charge is -2.28. The smallest absolute Gasteiger partial charge is 0.124 e. The fraction of sp³-hybridized carbons (Fsp3) is 0.533. The zero-order valence-electron chi connectivity index (χ0n) is 11.2. The van der Waals surface area contributed by atoms with Crippen LogP contribution in [0.25, 0.3) is 0 Å². The lowest BCUT2D eigenvalue weighted by molar-refractivity contribution is 0.379. The summed E-state index contributed by atoms with van der Waals surface area (Å²) < 4.78 is 13.3. The van der Waals surface area contributed by atoms with Gasteiger partial charge in [-0.3, -0.25) is 0 Å². The first-order valence-electron chi connectivity index (χ1n) is 6.67. The Bertz CT molecular complexity index is 470. The first-order chi connectivity index (χ1) is 9.21. The van der Waals surface area contributed by atoms with Crippen LogP contribution in [0.15, 0.2) is 18.2 Å². The molecule has 0 heterocycles. The van der Waals surface area contributed by atoms with E-state index in [0.29, 0.717) is 18.2 Å². The number of benzene rings is 1. The Balaban J connectivity index is 1.91. The maximum atomic E-state index is 13.3. The number of thioether (sulfide) groups is 1. The molecule has 1 fully saturated rings. The standard InChI is InChI=1S/C15H19FN2S/c1-19-15-4-2-3-14(8-15)18-10-12-5-11(9-17)6-13(16)7-12/h5-7,14-15,18H,2-4,8,10H2,1H3. The van der Waals surface area contributed by atoms with Gasteiger partial charge in [-0.1, -0.05) is 6.42 Å². The van der Waals surface area contributed by atoms with Crippen molar-refractivity contribution < 1.29 is 4.39 Å². The van der Waals surface area contributed by atoms with E-state index in [1.54, 1.807) is 6.07 Å². The Kier molecular flexibility index (Phi) is 5.24. The third-order valence-electron chi connectivity index (χ3n) is 3.64. The van der Waals surface area contributed by atoms with Crippen molar-refractivity contribution in [3.63, 3.8) is 0 Å². The van der Waals surface area contributed by atoms with E-state index >= 15 is 0 Å². The van der Waals surface area contributed by atoms with E-state index in [1.807, 2.05) is 17.8 Å². The summed E-state index contributed by atoms with van der Waals surface area (Å²) in [7, 11) is 0. The van der Waals surface area contributed by atoms with Crippen molar-refractivity contribution >= 4 is 11.8 Å². The van der Waals surface area contributed by atoms with Crippen LogP contribution in [0.5, 0.6) is 0 Å². The molecule has 2 nitrogen and oxygen atoms in total. The van der Waals surface area contributed by atoms with Crippen LogP contribution in [0.2, 0.25) is 0 Å². The van der Waals surface area contributed by atoms with Gasteiger partial charge in [0.1, 0.15) is 5.82 Å². The highest BCUT2D eigenvalue weighted by Crippen LogP contribution is 2.27. The molecule has 2 unspecified atom stereocenters. The van der Waals surface area contributed by atoms with Gasteiger partial charge in [0.15, 0.2) is 0 Å². The SMILES string of the molecule is CSC1CCCC(NCc2cc(F)cc(C#N)c2)C1. The highest BCUT2D eigenvalue weighted by molar-refractivity contribution is 7.99. The number of hydrogen-bond acceptors (Lipinski definition) is 3. The van der Waals surface area contributed by atoms with Crippen LogP contribution in [-0.2, 0) is 6.54 Å². The van der Waals surface area contributed by atoms with Gasteiger partial charge in [-0.2, -0.15) is 17.0 Å². The van der Waals surface area contributed by atoms with Crippen LogP contribution in [0.1, 0.15) is 36.8 Å². The van der Waals surface area contributed by atoms with Crippen molar-refractivity contribution in [2.75, 3.05) is 6.26 Å². The number of nitriles is 1. The summed E-state index contributed by atoms with van der Waals surface area (Å²) in [6.45, 7) is 0.637. The zero-order chi connectivity index (χ0) is 13.7. The van der Waals surface area contributed by atoms with Crippen LogP contribution in [0.4, 0.5) is 4.39 Å². The van der Waals surface area contributed by atoms with Gasteiger partial charge in [-0.15, -0.1) is 0 Å². The van der Waals surface area contributed by atoms with Crippen molar-refractivity contribution in [3.8, 4) is 6.07 Å². The molecular formula is C15H19FN2S. The van der Waals surface area contributed by atoms with Crippen LogP contribution in [0, 0.1) is 17.1 Å². The second-order valence-corrected chi connectivity index (χ2v) is 6.20. The summed E-state index contributed by atoms with van der Waals surface area (Å²) in [5, 5.41) is 13.1. The molecule has 102 valence electrons. The molecule has 2 atom stereocenters. The molecule has 19 heavy (non-hydrogen) atoms. The van der Waals surface area contributed by atoms with E-state index in [9.17, 15) is 4.39 Å². The molecular weight excluding hydrogens is 259 g/mol.